The molecular weight excluding hydrogens is 173 g/mol. The number of rotatable bonds is 2. The van der Waals surface area contributed by atoms with Gasteiger partial charge in [0, 0.05) is 25.8 Å². The van der Waals surface area contributed by atoms with Crippen molar-refractivity contribution in [1.29, 1.82) is 0 Å². The summed E-state index contributed by atoms with van der Waals surface area (Å²) in [5, 5.41) is 2.54. The van der Waals surface area contributed by atoms with Crippen LogP contribution < -0.4 is 5.32 Å². The fourth-order valence-corrected chi connectivity index (χ4v) is 1.67. The van der Waals surface area contributed by atoms with Crippen LogP contribution in [0.15, 0.2) is 0 Å². The molecule has 0 aromatic rings. The van der Waals surface area contributed by atoms with E-state index in [0.29, 0.717) is 6.42 Å². The Balaban J connectivity index is 2.49. The van der Waals surface area contributed by atoms with Gasteiger partial charge < -0.3 is 5.32 Å². The first-order valence-electron chi connectivity index (χ1n) is 4.43. The minimum absolute atomic E-state index is 0.0364. The molecular formula is C9H14FNO2. The number of hydrogen-bond acceptors (Lipinski definition) is 2. The van der Waals surface area contributed by atoms with Gasteiger partial charge in [0.05, 0.1) is 0 Å². The van der Waals surface area contributed by atoms with Gasteiger partial charge in [-0.25, -0.2) is 4.39 Å². The maximum atomic E-state index is 13.2. The molecule has 1 N–H and O–H groups in total. The normalized spacial score (nSPS) is 33.5. The molecule has 3 atom stereocenters. The Bertz CT molecular complexity index is 230. The Hall–Kier alpha value is -0.930. The van der Waals surface area contributed by atoms with E-state index < -0.39 is 6.17 Å². The van der Waals surface area contributed by atoms with Crippen LogP contribution in [-0.2, 0) is 9.59 Å². The van der Waals surface area contributed by atoms with E-state index >= 15 is 0 Å². The van der Waals surface area contributed by atoms with Gasteiger partial charge in [-0.15, -0.1) is 0 Å². The van der Waals surface area contributed by atoms with Gasteiger partial charge >= 0.3 is 0 Å². The van der Waals surface area contributed by atoms with E-state index in [-0.39, 0.29) is 30.1 Å². The number of nitrogens with one attached hydrogen (secondary N) is 1. The van der Waals surface area contributed by atoms with Gasteiger partial charge in [-0.1, -0.05) is 6.92 Å². The number of carbonyl (C=O) groups is 2. The van der Waals surface area contributed by atoms with Crippen molar-refractivity contribution < 1.29 is 14.0 Å². The molecule has 0 spiro atoms. The quantitative estimate of drug-likeness (QED) is 0.691. The summed E-state index contributed by atoms with van der Waals surface area (Å²) < 4.78 is 13.2. The standard InChI is InChI=1S/C9H14FNO2/c1-5-3-8(13)9(10)7(5)4-11-6(2)12/h5,7,9H,3-4H2,1-2H3,(H,11,12)/t5-,7-,9+/m1/s1. The topological polar surface area (TPSA) is 46.2 Å². The van der Waals surface area contributed by atoms with Gasteiger partial charge in [-0.3, -0.25) is 9.59 Å². The summed E-state index contributed by atoms with van der Waals surface area (Å²) in [5.74, 6) is -0.813. The van der Waals surface area contributed by atoms with Gasteiger partial charge in [0.2, 0.25) is 5.91 Å². The maximum absolute atomic E-state index is 13.2. The van der Waals surface area contributed by atoms with Crippen molar-refractivity contribution in [3.63, 3.8) is 0 Å². The lowest BCUT2D eigenvalue weighted by molar-refractivity contribution is -0.123. The van der Waals surface area contributed by atoms with Crippen molar-refractivity contribution in [1.82, 2.24) is 5.32 Å². The first kappa shape index (κ1) is 10.2. The maximum Gasteiger partial charge on any atom is 0.216 e. The van der Waals surface area contributed by atoms with Crippen LogP contribution in [0, 0.1) is 11.8 Å². The number of ketones is 1. The lowest BCUT2D eigenvalue weighted by Crippen LogP contribution is -2.33. The summed E-state index contributed by atoms with van der Waals surface area (Å²) >= 11 is 0. The predicted molar refractivity (Wildman–Crippen MR) is 45.9 cm³/mol. The zero-order valence-corrected chi connectivity index (χ0v) is 7.84. The molecule has 0 bridgehead atoms. The average molecular weight is 187 g/mol. The van der Waals surface area contributed by atoms with Gasteiger partial charge in [0.25, 0.3) is 0 Å². The number of Topliss-reactive ketones (excluding diaryl/α,β-unsaturated/α-hetero) is 1. The monoisotopic (exact) mass is 187 g/mol. The third-order valence-corrected chi connectivity index (χ3v) is 2.52. The van der Waals surface area contributed by atoms with Crippen molar-refractivity contribution in [2.24, 2.45) is 11.8 Å². The molecule has 3 nitrogen and oxygen atoms in total. The van der Waals surface area contributed by atoms with Crippen LogP contribution in [0.3, 0.4) is 0 Å². The second-order valence-corrected chi connectivity index (χ2v) is 3.65. The minimum atomic E-state index is -1.39. The summed E-state index contributed by atoms with van der Waals surface area (Å²) in [6.07, 6.45) is -1.09. The summed E-state index contributed by atoms with van der Waals surface area (Å²) in [4.78, 5) is 21.5. The molecule has 0 heterocycles. The zero-order valence-electron chi connectivity index (χ0n) is 7.84. The first-order chi connectivity index (χ1) is 6.02. The molecule has 1 rings (SSSR count). The number of hydrogen-bond donors (Lipinski definition) is 1. The molecule has 1 amide bonds. The van der Waals surface area contributed by atoms with E-state index in [1.807, 2.05) is 6.92 Å². The highest BCUT2D eigenvalue weighted by atomic mass is 19.1. The Labute approximate surface area is 76.7 Å². The van der Waals surface area contributed by atoms with Crippen molar-refractivity contribution in [3.05, 3.63) is 0 Å². The van der Waals surface area contributed by atoms with E-state index in [0.717, 1.165) is 0 Å². The highest BCUT2D eigenvalue weighted by Gasteiger charge is 2.40. The Morgan fingerprint density at radius 2 is 2.31 bits per heavy atom. The van der Waals surface area contributed by atoms with Crippen molar-refractivity contribution >= 4 is 11.7 Å². The van der Waals surface area contributed by atoms with Crippen LogP contribution in [0.4, 0.5) is 4.39 Å². The fraction of sp³-hybridized carbons (Fsp3) is 0.778. The second-order valence-electron chi connectivity index (χ2n) is 3.65. The van der Waals surface area contributed by atoms with Crippen molar-refractivity contribution in [3.8, 4) is 0 Å². The molecule has 1 saturated carbocycles. The Kier molecular flexibility index (Phi) is 3.01. The van der Waals surface area contributed by atoms with Gasteiger partial charge in [0.15, 0.2) is 12.0 Å². The summed E-state index contributed by atoms with van der Waals surface area (Å²) in [6, 6.07) is 0. The van der Waals surface area contributed by atoms with Crippen LogP contribution in [0.1, 0.15) is 20.3 Å². The van der Waals surface area contributed by atoms with Gasteiger partial charge in [-0.2, -0.15) is 0 Å². The molecule has 1 aliphatic rings. The Morgan fingerprint density at radius 3 is 2.69 bits per heavy atom. The minimum Gasteiger partial charge on any atom is -0.356 e. The molecule has 1 aliphatic carbocycles. The van der Waals surface area contributed by atoms with Crippen LogP contribution in [0.25, 0.3) is 0 Å². The van der Waals surface area contributed by atoms with E-state index in [1.165, 1.54) is 6.92 Å². The lowest BCUT2D eigenvalue weighted by Gasteiger charge is -2.16. The average Bonchev–Trinajstić information content (AvgIpc) is 2.24. The van der Waals surface area contributed by atoms with E-state index in [2.05, 4.69) is 5.32 Å². The molecule has 0 saturated heterocycles. The van der Waals surface area contributed by atoms with Crippen molar-refractivity contribution in [2.75, 3.05) is 6.54 Å². The highest BCUT2D eigenvalue weighted by Crippen LogP contribution is 2.30. The lowest BCUT2D eigenvalue weighted by atomic mass is 9.97. The van der Waals surface area contributed by atoms with Crippen LogP contribution in [-0.4, -0.2) is 24.4 Å². The molecule has 13 heavy (non-hydrogen) atoms. The third kappa shape index (κ3) is 2.26. The van der Waals surface area contributed by atoms with E-state index in [9.17, 15) is 14.0 Å². The molecule has 4 heteroatoms. The largest absolute Gasteiger partial charge is 0.356 e. The molecule has 74 valence electrons. The smallest absolute Gasteiger partial charge is 0.216 e. The number of halogens is 1. The number of amides is 1. The van der Waals surface area contributed by atoms with Crippen LogP contribution in [0.2, 0.25) is 0 Å². The third-order valence-electron chi connectivity index (χ3n) is 2.52. The summed E-state index contributed by atoms with van der Waals surface area (Å²) in [7, 11) is 0. The fourth-order valence-electron chi connectivity index (χ4n) is 1.67. The molecule has 0 radical (unpaired) electrons. The number of alkyl halides is 1. The predicted octanol–water partition coefficient (Wildman–Crippen LogP) is 0.686. The molecule has 0 unspecified atom stereocenters. The zero-order chi connectivity index (χ0) is 10.0. The summed E-state index contributed by atoms with van der Waals surface area (Å²) in [5.41, 5.74) is 0. The molecule has 1 fully saturated rings. The molecule has 0 aromatic carbocycles. The van der Waals surface area contributed by atoms with Crippen LogP contribution in [0.5, 0.6) is 0 Å². The highest BCUT2D eigenvalue weighted by molar-refractivity contribution is 5.86. The van der Waals surface area contributed by atoms with E-state index in [1.54, 1.807) is 0 Å². The van der Waals surface area contributed by atoms with Gasteiger partial charge in [-0.05, 0) is 5.92 Å². The molecule has 0 aliphatic heterocycles. The van der Waals surface area contributed by atoms with Crippen molar-refractivity contribution in [2.45, 2.75) is 26.4 Å². The number of carbonyl (C=O) groups excluding carboxylic acids is 2. The first-order valence-corrected chi connectivity index (χ1v) is 4.43. The van der Waals surface area contributed by atoms with E-state index in [4.69, 9.17) is 0 Å². The van der Waals surface area contributed by atoms with Crippen LogP contribution >= 0.6 is 0 Å². The molecule has 0 aromatic heterocycles. The Morgan fingerprint density at radius 1 is 1.69 bits per heavy atom. The van der Waals surface area contributed by atoms with Gasteiger partial charge in [0.1, 0.15) is 0 Å². The summed E-state index contributed by atoms with van der Waals surface area (Å²) in [6.45, 7) is 3.49. The second kappa shape index (κ2) is 3.85. The SMILES string of the molecule is CC(=O)NC[C@@H]1[C@H](C)CC(=O)[C@H]1F.